The van der Waals surface area contributed by atoms with Crippen molar-refractivity contribution in [1.29, 1.82) is 0 Å². The first kappa shape index (κ1) is 15.7. The van der Waals surface area contributed by atoms with Crippen LogP contribution in [0.15, 0.2) is 18.2 Å². The monoisotopic (exact) mass is 349 g/mol. The number of hydrogen-bond donors (Lipinski definition) is 0. The molecule has 1 aromatic carbocycles. The van der Waals surface area contributed by atoms with Crippen LogP contribution in [0.4, 0.5) is 18.9 Å². The molecule has 1 heterocycles. The second kappa shape index (κ2) is 6.37. The van der Waals surface area contributed by atoms with E-state index in [1.54, 1.807) is 12.1 Å². The van der Waals surface area contributed by atoms with E-state index in [4.69, 9.17) is 0 Å². The quantitative estimate of drug-likeness (QED) is 0.648. The summed E-state index contributed by atoms with van der Waals surface area (Å²) in [6.45, 7) is 2.72. The summed E-state index contributed by atoms with van der Waals surface area (Å²) >= 11 is 3.22. The molecule has 0 N–H and O–H groups in total. The Morgan fingerprint density at radius 1 is 1.25 bits per heavy atom. The summed E-state index contributed by atoms with van der Waals surface area (Å²) in [6.07, 6.45) is -0.195. The average Bonchev–Trinajstić information content (AvgIpc) is 2.62. The van der Waals surface area contributed by atoms with Gasteiger partial charge in [0, 0.05) is 23.6 Å². The van der Waals surface area contributed by atoms with Crippen molar-refractivity contribution in [2.24, 2.45) is 0 Å². The standard InChI is InChI=1S/C15H19BrF3N/c1-11-5-3-2-4-8-20(11)14-7-6-12(10-16)9-13(14)15(17,18)19/h6-7,9,11H,2-5,8,10H2,1H3. The van der Waals surface area contributed by atoms with E-state index in [1.807, 2.05) is 11.8 Å². The Kier molecular flexibility index (Phi) is 4.99. The minimum absolute atomic E-state index is 0.161. The van der Waals surface area contributed by atoms with Crippen molar-refractivity contribution < 1.29 is 13.2 Å². The maximum Gasteiger partial charge on any atom is 0.418 e. The van der Waals surface area contributed by atoms with Gasteiger partial charge in [0.15, 0.2) is 0 Å². The van der Waals surface area contributed by atoms with Crippen LogP contribution in [0, 0.1) is 0 Å². The van der Waals surface area contributed by atoms with Gasteiger partial charge in [0.25, 0.3) is 0 Å². The molecule has 20 heavy (non-hydrogen) atoms. The lowest BCUT2D eigenvalue weighted by molar-refractivity contribution is -0.137. The fourth-order valence-corrected chi connectivity index (χ4v) is 3.13. The highest BCUT2D eigenvalue weighted by molar-refractivity contribution is 9.08. The lowest BCUT2D eigenvalue weighted by Gasteiger charge is -2.32. The molecular weight excluding hydrogens is 331 g/mol. The fraction of sp³-hybridized carbons (Fsp3) is 0.600. The molecule has 1 aromatic rings. The summed E-state index contributed by atoms with van der Waals surface area (Å²) in [5.74, 6) is 0. The normalized spacial score (nSPS) is 20.9. The molecule has 112 valence electrons. The summed E-state index contributed by atoms with van der Waals surface area (Å²) in [7, 11) is 0. The highest BCUT2D eigenvalue weighted by Crippen LogP contribution is 2.39. The molecular formula is C15H19BrF3N. The van der Waals surface area contributed by atoms with Crippen molar-refractivity contribution in [1.82, 2.24) is 0 Å². The summed E-state index contributed by atoms with van der Waals surface area (Å²) in [5.41, 5.74) is 0.475. The van der Waals surface area contributed by atoms with Gasteiger partial charge in [-0.3, -0.25) is 0 Å². The Labute approximate surface area is 126 Å². The second-order valence-corrected chi connectivity index (χ2v) is 5.94. The summed E-state index contributed by atoms with van der Waals surface area (Å²) in [6, 6.07) is 4.83. The molecule has 1 saturated heterocycles. The molecule has 0 amide bonds. The maximum atomic E-state index is 13.3. The van der Waals surface area contributed by atoms with E-state index in [0.29, 0.717) is 23.1 Å². The molecule has 0 bridgehead atoms. The maximum absolute atomic E-state index is 13.3. The van der Waals surface area contributed by atoms with Gasteiger partial charge in [-0.2, -0.15) is 13.2 Å². The molecule has 1 fully saturated rings. The first-order valence-electron chi connectivity index (χ1n) is 6.96. The van der Waals surface area contributed by atoms with Crippen LogP contribution >= 0.6 is 15.9 Å². The van der Waals surface area contributed by atoms with Gasteiger partial charge >= 0.3 is 6.18 Å². The number of alkyl halides is 4. The molecule has 1 aliphatic rings. The number of anilines is 1. The number of rotatable bonds is 2. The third-order valence-corrected chi connectivity index (χ3v) is 4.53. The third-order valence-electron chi connectivity index (χ3n) is 3.88. The molecule has 1 atom stereocenters. The van der Waals surface area contributed by atoms with E-state index in [2.05, 4.69) is 15.9 Å². The van der Waals surface area contributed by atoms with Crippen LogP contribution in [0.2, 0.25) is 0 Å². The zero-order valence-electron chi connectivity index (χ0n) is 11.5. The van der Waals surface area contributed by atoms with Crippen molar-refractivity contribution in [2.75, 3.05) is 11.4 Å². The van der Waals surface area contributed by atoms with E-state index in [-0.39, 0.29) is 6.04 Å². The van der Waals surface area contributed by atoms with E-state index in [0.717, 1.165) is 25.7 Å². The van der Waals surface area contributed by atoms with Crippen molar-refractivity contribution in [3.05, 3.63) is 29.3 Å². The SMILES string of the molecule is CC1CCCCCN1c1ccc(CBr)cc1C(F)(F)F. The van der Waals surface area contributed by atoms with Gasteiger partial charge in [0.2, 0.25) is 0 Å². The second-order valence-electron chi connectivity index (χ2n) is 5.37. The Bertz CT molecular complexity index is 459. The van der Waals surface area contributed by atoms with E-state index in [9.17, 15) is 13.2 Å². The first-order chi connectivity index (χ1) is 9.43. The Balaban J connectivity index is 2.43. The molecule has 0 spiro atoms. The molecule has 0 radical (unpaired) electrons. The van der Waals surface area contributed by atoms with Gasteiger partial charge in [-0.25, -0.2) is 0 Å². The summed E-state index contributed by atoms with van der Waals surface area (Å²) in [4.78, 5) is 1.92. The molecule has 1 nitrogen and oxygen atoms in total. The highest BCUT2D eigenvalue weighted by atomic mass is 79.9. The van der Waals surface area contributed by atoms with Crippen molar-refractivity contribution in [3.63, 3.8) is 0 Å². The van der Waals surface area contributed by atoms with Crippen LogP contribution < -0.4 is 4.90 Å². The minimum Gasteiger partial charge on any atom is -0.368 e. The van der Waals surface area contributed by atoms with Gasteiger partial charge in [-0.05, 0) is 37.5 Å². The van der Waals surface area contributed by atoms with Crippen LogP contribution in [-0.2, 0) is 11.5 Å². The molecule has 1 unspecified atom stereocenters. The smallest absolute Gasteiger partial charge is 0.368 e. The van der Waals surface area contributed by atoms with Gasteiger partial charge in [-0.15, -0.1) is 0 Å². The number of hydrogen-bond acceptors (Lipinski definition) is 1. The van der Waals surface area contributed by atoms with Gasteiger partial charge in [0.1, 0.15) is 0 Å². The topological polar surface area (TPSA) is 3.24 Å². The molecule has 0 aromatic heterocycles. The largest absolute Gasteiger partial charge is 0.418 e. The third kappa shape index (κ3) is 3.48. The Hall–Kier alpha value is -0.710. The number of halogens is 4. The van der Waals surface area contributed by atoms with Crippen molar-refractivity contribution in [3.8, 4) is 0 Å². The van der Waals surface area contributed by atoms with Crippen LogP contribution in [-0.4, -0.2) is 12.6 Å². The summed E-state index contributed by atoms with van der Waals surface area (Å²) < 4.78 is 39.9. The van der Waals surface area contributed by atoms with Crippen LogP contribution in [0.5, 0.6) is 0 Å². The van der Waals surface area contributed by atoms with Crippen molar-refractivity contribution >= 4 is 21.6 Å². The van der Waals surface area contributed by atoms with Gasteiger partial charge < -0.3 is 4.90 Å². The molecule has 1 aliphatic heterocycles. The average molecular weight is 350 g/mol. The predicted molar refractivity (Wildman–Crippen MR) is 79.4 cm³/mol. The van der Waals surface area contributed by atoms with Gasteiger partial charge in [-0.1, -0.05) is 34.8 Å². The highest BCUT2D eigenvalue weighted by Gasteiger charge is 2.36. The van der Waals surface area contributed by atoms with Crippen molar-refractivity contribution in [2.45, 2.75) is 50.2 Å². The number of benzene rings is 1. The predicted octanol–water partition coefficient (Wildman–Crippen LogP) is 5.37. The van der Waals surface area contributed by atoms with E-state index < -0.39 is 11.7 Å². The Morgan fingerprint density at radius 3 is 2.65 bits per heavy atom. The Morgan fingerprint density at radius 2 is 2.00 bits per heavy atom. The summed E-state index contributed by atoms with van der Waals surface area (Å²) in [5, 5.41) is 0.436. The lowest BCUT2D eigenvalue weighted by atomic mass is 10.1. The fourth-order valence-electron chi connectivity index (χ4n) is 2.78. The zero-order chi connectivity index (χ0) is 14.8. The number of nitrogens with zero attached hydrogens (tertiary/aromatic N) is 1. The minimum atomic E-state index is -4.31. The molecule has 5 heteroatoms. The first-order valence-corrected chi connectivity index (χ1v) is 8.08. The molecule has 0 saturated carbocycles. The van der Waals surface area contributed by atoms with Crippen LogP contribution in [0.1, 0.15) is 43.7 Å². The molecule has 0 aliphatic carbocycles. The van der Waals surface area contributed by atoms with E-state index in [1.165, 1.54) is 6.07 Å². The van der Waals surface area contributed by atoms with E-state index >= 15 is 0 Å². The van der Waals surface area contributed by atoms with Crippen LogP contribution in [0.3, 0.4) is 0 Å². The van der Waals surface area contributed by atoms with Crippen LogP contribution in [0.25, 0.3) is 0 Å². The molecule has 2 rings (SSSR count). The zero-order valence-corrected chi connectivity index (χ0v) is 13.1. The lowest BCUT2D eigenvalue weighted by Crippen LogP contribution is -2.34. The van der Waals surface area contributed by atoms with Gasteiger partial charge in [0.05, 0.1) is 5.56 Å².